The zero-order valence-electron chi connectivity index (χ0n) is 11.6. The largest absolute Gasteiger partial charge is 0.391 e. The number of aryl methyl sites for hydroxylation is 1. The molecule has 1 saturated carbocycles. The SMILES string of the molecule is Cc1nccnc1C1CCN([C@@H]2CCC[C@@H]2O)CC1. The molecule has 1 aromatic heterocycles. The van der Waals surface area contributed by atoms with Crippen LogP contribution in [0.15, 0.2) is 12.4 Å². The molecule has 0 amide bonds. The fourth-order valence-corrected chi connectivity index (χ4v) is 3.67. The summed E-state index contributed by atoms with van der Waals surface area (Å²) in [4.78, 5) is 11.3. The summed E-state index contributed by atoms with van der Waals surface area (Å²) in [5.41, 5.74) is 2.25. The lowest BCUT2D eigenvalue weighted by molar-refractivity contribution is 0.0549. The molecule has 1 aliphatic carbocycles. The molecule has 1 saturated heterocycles. The topological polar surface area (TPSA) is 49.2 Å². The van der Waals surface area contributed by atoms with E-state index in [-0.39, 0.29) is 6.10 Å². The van der Waals surface area contributed by atoms with Crippen molar-refractivity contribution in [3.8, 4) is 0 Å². The van der Waals surface area contributed by atoms with Crippen molar-refractivity contribution in [2.24, 2.45) is 0 Å². The number of aliphatic hydroxyl groups is 1. The Hall–Kier alpha value is -1.00. The molecule has 0 unspecified atom stereocenters. The molecular weight excluding hydrogens is 238 g/mol. The van der Waals surface area contributed by atoms with E-state index >= 15 is 0 Å². The predicted molar refractivity (Wildman–Crippen MR) is 74.0 cm³/mol. The molecule has 2 heterocycles. The van der Waals surface area contributed by atoms with Crippen molar-refractivity contribution >= 4 is 0 Å². The van der Waals surface area contributed by atoms with Gasteiger partial charge in [0.25, 0.3) is 0 Å². The van der Waals surface area contributed by atoms with E-state index in [1.54, 1.807) is 12.4 Å². The van der Waals surface area contributed by atoms with Crippen LogP contribution in [0.5, 0.6) is 0 Å². The number of rotatable bonds is 2. The standard InChI is InChI=1S/C15H23N3O/c1-11-15(17-8-7-16-11)12-5-9-18(10-6-12)13-3-2-4-14(13)19/h7-8,12-14,19H,2-6,9-10H2,1H3/t13-,14+/m1/s1. The molecule has 104 valence electrons. The molecule has 3 rings (SSSR count). The van der Waals surface area contributed by atoms with Gasteiger partial charge in [-0.05, 0) is 52.1 Å². The molecule has 0 bridgehead atoms. The van der Waals surface area contributed by atoms with E-state index < -0.39 is 0 Å². The Bertz CT molecular complexity index is 429. The molecule has 2 aliphatic rings. The van der Waals surface area contributed by atoms with Crippen molar-refractivity contribution in [2.75, 3.05) is 13.1 Å². The van der Waals surface area contributed by atoms with E-state index in [9.17, 15) is 5.11 Å². The van der Waals surface area contributed by atoms with Gasteiger partial charge in [-0.2, -0.15) is 0 Å². The van der Waals surface area contributed by atoms with Gasteiger partial charge >= 0.3 is 0 Å². The smallest absolute Gasteiger partial charge is 0.0695 e. The Morgan fingerprint density at radius 3 is 2.47 bits per heavy atom. The van der Waals surface area contributed by atoms with Crippen molar-refractivity contribution < 1.29 is 5.11 Å². The lowest BCUT2D eigenvalue weighted by Gasteiger charge is -2.37. The van der Waals surface area contributed by atoms with E-state index in [1.165, 1.54) is 12.1 Å². The maximum Gasteiger partial charge on any atom is 0.0695 e. The van der Waals surface area contributed by atoms with Crippen LogP contribution in [0.25, 0.3) is 0 Å². The fraction of sp³-hybridized carbons (Fsp3) is 0.733. The van der Waals surface area contributed by atoms with Gasteiger partial charge in [-0.15, -0.1) is 0 Å². The van der Waals surface area contributed by atoms with Gasteiger partial charge in [0.1, 0.15) is 0 Å². The molecule has 1 aliphatic heterocycles. The first-order valence-electron chi connectivity index (χ1n) is 7.45. The normalized spacial score (nSPS) is 29.8. The first-order chi connectivity index (χ1) is 9.25. The molecule has 4 nitrogen and oxygen atoms in total. The number of piperidine rings is 1. The Labute approximate surface area is 114 Å². The highest BCUT2D eigenvalue weighted by atomic mass is 16.3. The number of aliphatic hydroxyl groups excluding tert-OH is 1. The van der Waals surface area contributed by atoms with E-state index in [1.807, 2.05) is 0 Å². The number of hydrogen-bond donors (Lipinski definition) is 1. The number of aromatic nitrogens is 2. The highest BCUT2D eigenvalue weighted by Gasteiger charge is 2.33. The van der Waals surface area contributed by atoms with Gasteiger partial charge in [-0.1, -0.05) is 0 Å². The van der Waals surface area contributed by atoms with Gasteiger partial charge in [-0.3, -0.25) is 14.9 Å². The van der Waals surface area contributed by atoms with Crippen LogP contribution in [0, 0.1) is 6.92 Å². The van der Waals surface area contributed by atoms with Crippen molar-refractivity contribution in [1.29, 1.82) is 0 Å². The maximum absolute atomic E-state index is 10.0. The third-order valence-electron chi connectivity index (χ3n) is 4.75. The predicted octanol–water partition coefficient (Wildman–Crippen LogP) is 1.88. The minimum Gasteiger partial charge on any atom is -0.391 e. The third-order valence-corrected chi connectivity index (χ3v) is 4.75. The number of hydrogen-bond acceptors (Lipinski definition) is 4. The van der Waals surface area contributed by atoms with Crippen molar-refractivity contribution in [3.63, 3.8) is 0 Å². The first-order valence-corrected chi connectivity index (χ1v) is 7.45. The average molecular weight is 261 g/mol. The molecular formula is C15H23N3O. The second-order valence-electron chi connectivity index (χ2n) is 5.90. The molecule has 2 fully saturated rings. The van der Waals surface area contributed by atoms with Crippen molar-refractivity contribution in [1.82, 2.24) is 14.9 Å². The molecule has 0 spiro atoms. The lowest BCUT2D eigenvalue weighted by atomic mass is 9.91. The van der Waals surface area contributed by atoms with Crippen molar-refractivity contribution in [2.45, 2.75) is 57.1 Å². The van der Waals surface area contributed by atoms with Crippen LogP contribution >= 0.6 is 0 Å². The van der Waals surface area contributed by atoms with Crippen molar-refractivity contribution in [3.05, 3.63) is 23.8 Å². The Balaban J connectivity index is 1.62. The summed E-state index contributed by atoms with van der Waals surface area (Å²) in [5, 5.41) is 10.0. The molecule has 4 heteroatoms. The quantitative estimate of drug-likeness (QED) is 0.883. The van der Waals surface area contributed by atoms with Crippen LogP contribution in [0.4, 0.5) is 0 Å². The summed E-state index contributed by atoms with van der Waals surface area (Å²) in [6.07, 6.45) is 9.07. The van der Waals surface area contributed by atoms with Crippen LogP contribution in [-0.4, -0.2) is 45.2 Å². The summed E-state index contributed by atoms with van der Waals surface area (Å²) in [6.45, 7) is 4.22. The second-order valence-corrected chi connectivity index (χ2v) is 5.90. The van der Waals surface area contributed by atoms with E-state index in [2.05, 4.69) is 21.8 Å². The van der Waals surface area contributed by atoms with E-state index in [0.29, 0.717) is 12.0 Å². The maximum atomic E-state index is 10.0. The molecule has 19 heavy (non-hydrogen) atoms. The Morgan fingerprint density at radius 1 is 1.11 bits per heavy atom. The third kappa shape index (κ3) is 2.65. The monoisotopic (exact) mass is 261 g/mol. The summed E-state index contributed by atoms with van der Waals surface area (Å²) in [5.74, 6) is 0.545. The van der Waals surface area contributed by atoms with Gasteiger partial charge in [0.2, 0.25) is 0 Å². The molecule has 0 aromatic carbocycles. The van der Waals surface area contributed by atoms with Crippen LogP contribution < -0.4 is 0 Å². The fourth-order valence-electron chi connectivity index (χ4n) is 3.67. The highest BCUT2D eigenvalue weighted by Crippen LogP contribution is 2.32. The van der Waals surface area contributed by atoms with E-state index in [0.717, 1.165) is 44.5 Å². The zero-order chi connectivity index (χ0) is 13.2. The number of nitrogens with zero attached hydrogens (tertiary/aromatic N) is 3. The Kier molecular flexibility index (Phi) is 3.80. The van der Waals surface area contributed by atoms with Gasteiger partial charge in [0.15, 0.2) is 0 Å². The minimum atomic E-state index is -0.102. The van der Waals surface area contributed by atoms with Crippen LogP contribution in [0.1, 0.15) is 49.4 Å². The zero-order valence-corrected chi connectivity index (χ0v) is 11.6. The van der Waals surface area contributed by atoms with Gasteiger partial charge in [0.05, 0.1) is 17.5 Å². The molecule has 2 atom stereocenters. The Morgan fingerprint density at radius 2 is 1.84 bits per heavy atom. The minimum absolute atomic E-state index is 0.102. The van der Waals surface area contributed by atoms with Gasteiger partial charge in [-0.25, -0.2) is 0 Å². The summed E-state index contributed by atoms with van der Waals surface area (Å²) < 4.78 is 0. The van der Waals surface area contributed by atoms with Gasteiger partial charge < -0.3 is 5.11 Å². The first kappa shape index (κ1) is 13.0. The van der Waals surface area contributed by atoms with Gasteiger partial charge in [0, 0.05) is 24.4 Å². The van der Waals surface area contributed by atoms with Crippen LogP contribution in [-0.2, 0) is 0 Å². The summed E-state index contributed by atoms with van der Waals surface area (Å²) >= 11 is 0. The van der Waals surface area contributed by atoms with Crippen LogP contribution in [0.2, 0.25) is 0 Å². The van der Waals surface area contributed by atoms with Crippen LogP contribution in [0.3, 0.4) is 0 Å². The summed E-state index contributed by atoms with van der Waals surface area (Å²) in [7, 11) is 0. The second kappa shape index (κ2) is 5.55. The lowest BCUT2D eigenvalue weighted by Crippen LogP contribution is -2.44. The van der Waals surface area contributed by atoms with E-state index in [4.69, 9.17) is 0 Å². The number of likely N-dealkylation sites (tertiary alicyclic amines) is 1. The molecule has 0 radical (unpaired) electrons. The molecule has 1 aromatic rings. The highest BCUT2D eigenvalue weighted by molar-refractivity contribution is 5.15. The molecule has 1 N–H and O–H groups in total. The average Bonchev–Trinajstić information content (AvgIpc) is 2.86. The summed E-state index contributed by atoms with van der Waals surface area (Å²) in [6, 6.07) is 0.406.